The molecule has 0 aliphatic carbocycles. The quantitative estimate of drug-likeness (QED) is 0.257. The lowest BCUT2D eigenvalue weighted by Crippen LogP contribution is -2.29. The first-order valence-corrected chi connectivity index (χ1v) is 10.0. The molecular weight excluding hydrogens is 414 g/mol. The molecule has 1 aliphatic heterocycles. The van der Waals surface area contributed by atoms with E-state index in [4.69, 9.17) is 16.0 Å². The van der Waals surface area contributed by atoms with Gasteiger partial charge in [0, 0.05) is 16.3 Å². The van der Waals surface area contributed by atoms with Crippen LogP contribution in [0, 0.1) is 0 Å². The third-order valence-electron chi connectivity index (χ3n) is 5.37. The number of fused-ring (bicyclic) bond motifs is 1. The molecule has 0 spiro atoms. The Labute approximate surface area is 182 Å². The molecule has 0 bridgehead atoms. The number of carbonyl (C=O) groups excluding carboxylic acids is 2. The second-order valence-electron chi connectivity index (χ2n) is 7.23. The maximum Gasteiger partial charge on any atom is 0.300 e. The summed E-state index contributed by atoms with van der Waals surface area (Å²) in [6.45, 7) is 0. The van der Waals surface area contributed by atoms with Crippen LogP contribution >= 0.6 is 11.6 Å². The second-order valence-corrected chi connectivity index (χ2v) is 7.66. The monoisotopic (exact) mass is 429 g/mol. The van der Waals surface area contributed by atoms with E-state index in [1.165, 1.54) is 11.2 Å². The summed E-state index contributed by atoms with van der Waals surface area (Å²) >= 11 is 6.12. The molecule has 3 aromatic carbocycles. The van der Waals surface area contributed by atoms with E-state index in [1.54, 1.807) is 48.5 Å². The van der Waals surface area contributed by atoms with Crippen LogP contribution in [0.1, 0.15) is 17.4 Å². The maximum atomic E-state index is 13.1. The van der Waals surface area contributed by atoms with Crippen LogP contribution in [0.4, 0.5) is 5.69 Å². The van der Waals surface area contributed by atoms with E-state index in [2.05, 4.69) is 0 Å². The summed E-state index contributed by atoms with van der Waals surface area (Å²) in [6, 6.07) is 22.1. The van der Waals surface area contributed by atoms with Crippen LogP contribution in [0.2, 0.25) is 5.02 Å². The van der Waals surface area contributed by atoms with Crippen molar-refractivity contribution in [2.45, 2.75) is 6.04 Å². The summed E-state index contributed by atoms with van der Waals surface area (Å²) in [4.78, 5) is 27.4. The van der Waals surface area contributed by atoms with Gasteiger partial charge in [0.05, 0.1) is 11.8 Å². The van der Waals surface area contributed by atoms with Crippen molar-refractivity contribution in [2.24, 2.45) is 0 Å². The number of Topliss-reactive ketones (excluding diaryl/α,β-unsaturated/α-hetero) is 1. The van der Waals surface area contributed by atoms with Gasteiger partial charge in [0.2, 0.25) is 0 Å². The van der Waals surface area contributed by atoms with Crippen LogP contribution in [-0.4, -0.2) is 16.8 Å². The molecule has 4 aromatic rings. The molecule has 1 saturated heterocycles. The number of hydrogen-bond acceptors (Lipinski definition) is 4. The highest BCUT2D eigenvalue weighted by Gasteiger charge is 2.48. The van der Waals surface area contributed by atoms with E-state index in [9.17, 15) is 14.7 Å². The summed E-state index contributed by atoms with van der Waals surface area (Å²) in [5.41, 5.74) is 0.850. The molecule has 1 fully saturated rings. The number of aliphatic hydroxyl groups excluding tert-OH is 1. The van der Waals surface area contributed by atoms with Crippen LogP contribution in [0.3, 0.4) is 0 Å². The maximum absolute atomic E-state index is 13.1. The highest BCUT2D eigenvalue weighted by molar-refractivity contribution is 6.51. The topological polar surface area (TPSA) is 70.8 Å². The van der Waals surface area contributed by atoms with Gasteiger partial charge in [-0.3, -0.25) is 14.5 Å². The predicted molar refractivity (Wildman–Crippen MR) is 119 cm³/mol. The number of amides is 1. The SMILES string of the molecule is O=C1C(=O)N(c2cccc(Cl)c2)C(c2ccco2)/C1=C(/O)c1ccc2ccccc2c1. The summed E-state index contributed by atoms with van der Waals surface area (Å²) < 4.78 is 5.56. The van der Waals surface area contributed by atoms with Crippen molar-refractivity contribution in [3.63, 3.8) is 0 Å². The van der Waals surface area contributed by atoms with E-state index in [0.717, 1.165) is 10.8 Å². The molecule has 5 rings (SSSR count). The minimum Gasteiger partial charge on any atom is -0.507 e. The Morgan fingerprint density at radius 2 is 1.71 bits per heavy atom. The number of nitrogens with zero attached hydrogens (tertiary/aromatic N) is 1. The Hall–Kier alpha value is -3.83. The molecule has 1 aliphatic rings. The number of halogens is 1. The summed E-state index contributed by atoms with van der Waals surface area (Å²) in [5, 5.41) is 13.5. The zero-order valence-corrected chi connectivity index (χ0v) is 16.9. The number of benzene rings is 3. The number of furan rings is 1. The molecule has 1 N–H and O–H groups in total. The minimum atomic E-state index is -0.917. The van der Waals surface area contributed by atoms with Crippen molar-refractivity contribution in [1.29, 1.82) is 0 Å². The highest BCUT2D eigenvalue weighted by atomic mass is 35.5. The van der Waals surface area contributed by atoms with E-state index in [-0.39, 0.29) is 11.3 Å². The average molecular weight is 430 g/mol. The molecule has 1 amide bonds. The minimum absolute atomic E-state index is 0.0322. The van der Waals surface area contributed by atoms with Crippen molar-refractivity contribution in [2.75, 3.05) is 4.90 Å². The lowest BCUT2D eigenvalue weighted by atomic mass is 9.97. The first kappa shape index (κ1) is 19.2. The van der Waals surface area contributed by atoms with Crippen LogP contribution in [-0.2, 0) is 9.59 Å². The van der Waals surface area contributed by atoms with Crippen LogP contribution in [0.15, 0.2) is 95.1 Å². The largest absolute Gasteiger partial charge is 0.507 e. The van der Waals surface area contributed by atoms with Gasteiger partial charge in [0.25, 0.3) is 11.7 Å². The number of aliphatic hydroxyl groups is 1. The van der Waals surface area contributed by atoms with Gasteiger partial charge in [-0.05, 0) is 47.2 Å². The summed E-state index contributed by atoms with van der Waals surface area (Å²) in [7, 11) is 0. The standard InChI is InChI=1S/C25H16ClNO4/c26-18-7-3-8-19(14-18)27-22(20-9-4-12-31-20)21(24(29)25(27)30)23(28)17-11-10-15-5-1-2-6-16(15)13-17/h1-14,22,28H/b23-21-. The second kappa shape index (κ2) is 7.45. The first-order valence-electron chi connectivity index (χ1n) is 9.64. The molecule has 0 radical (unpaired) electrons. The zero-order valence-electron chi connectivity index (χ0n) is 16.2. The molecule has 2 heterocycles. The van der Waals surface area contributed by atoms with Gasteiger partial charge >= 0.3 is 0 Å². The first-order chi connectivity index (χ1) is 15.0. The van der Waals surface area contributed by atoms with Crippen LogP contribution in [0.5, 0.6) is 0 Å². The van der Waals surface area contributed by atoms with Crippen LogP contribution < -0.4 is 4.90 Å². The smallest absolute Gasteiger partial charge is 0.300 e. The number of ketones is 1. The lowest BCUT2D eigenvalue weighted by molar-refractivity contribution is -0.132. The molecule has 5 nitrogen and oxygen atoms in total. The normalized spacial score (nSPS) is 18.1. The Morgan fingerprint density at radius 3 is 2.45 bits per heavy atom. The lowest BCUT2D eigenvalue weighted by Gasteiger charge is -2.23. The molecule has 6 heteroatoms. The fourth-order valence-corrected chi connectivity index (χ4v) is 4.12. The van der Waals surface area contributed by atoms with Crippen molar-refractivity contribution in [3.8, 4) is 0 Å². The Bertz CT molecular complexity index is 1360. The fraction of sp³-hybridized carbons (Fsp3) is 0.0400. The van der Waals surface area contributed by atoms with Crippen molar-refractivity contribution < 1.29 is 19.1 Å². The summed E-state index contributed by atoms with van der Waals surface area (Å²) in [6.07, 6.45) is 1.46. The Kier molecular flexibility index (Phi) is 4.60. The number of hydrogen-bond donors (Lipinski definition) is 1. The van der Waals surface area contributed by atoms with E-state index < -0.39 is 17.7 Å². The van der Waals surface area contributed by atoms with Gasteiger partial charge in [-0.1, -0.05) is 54.1 Å². The van der Waals surface area contributed by atoms with Crippen molar-refractivity contribution >= 4 is 45.5 Å². The third kappa shape index (κ3) is 3.20. The van der Waals surface area contributed by atoms with Gasteiger partial charge < -0.3 is 9.52 Å². The number of carbonyl (C=O) groups is 2. The average Bonchev–Trinajstić information content (AvgIpc) is 3.40. The fourth-order valence-electron chi connectivity index (χ4n) is 3.93. The molecule has 1 unspecified atom stereocenters. The van der Waals surface area contributed by atoms with E-state index in [1.807, 2.05) is 30.3 Å². The number of anilines is 1. The van der Waals surface area contributed by atoms with E-state index >= 15 is 0 Å². The van der Waals surface area contributed by atoms with Gasteiger partial charge in [0.15, 0.2) is 0 Å². The van der Waals surface area contributed by atoms with E-state index in [0.29, 0.717) is 22.0 Å². The molecular formula is C25H16ClNO4. The van der Waals surface area contributed by atoms with Gasteiger partial charge in [0.1, 0.15) is 17.6 Å². The molecule has 31 heavy (non-hydrogen) atoms. The molecule has 152 valence electrons. The van der Waals surface area contributed by atoms with Crippen LogP contribution in [0.25, 0.3) is 16.5 Å². The number of rotatable bonds is 3. The van der Waals surface area contributed by atoms with Gasteiger partial charge in [-0.15, -0.1) is 0 Å². The Balaban J connectivity index is 1.72. The van der Waals surface area contributed by atoms with Gasteiger partial charge in [-0.25, -0.2) is 0 Å². The third-order valence-corrected chi connectivity index (χ3v) is 5.60. The summed E-state index contributed by atoms with van der Waals surface area (Å²) in [5.74, 6) is -1.44. The Morgan fingerprint density at radius 1 is 0.903 bits per heavy atom. The van der Waals surface area contributed by atoms with Crippen molar-refractivity contribution in [1.82, 2.24) is 0 Å². The van der Waals surface area contributed by atoms with Crippen molar-refractivity contribution in [3.05, 3.63) is 107 Å². The zero-order chi connectivity index (χ0) is 21.5. The molecule has 1 atom stereocenters. The molecule has 0 saturated carbocycles. The molecule has 1 aromatic heterocycles. The highest BCUT2D eigenvalue weighted by Crippen LogP contribution is 2.42. The van der Waals surface area contributed by atoms with Gasteiger partial charge in [-0.2, -0.15) is 0 Å². The predicted octanol–water partition coefficient (Wildman–Crippen LogP) is 5.71.